The van der Waals surface area contributed by atoms with E-state index in [0.29, 0.717) is 5.69 Å². The zero-order valence-electron chi connectivity index (χ0n) is 18.3. The van der Waals surface area contributed by atoms with Gasteiger partial charge in [0.25, 0.3) is 0 Å². The molecule has 0 radical (unpaired) electrons. The number of hydrogen-bond acceptors (Lipinski definition) is 6. The highest BCUT2D eigenvalue weighted by Gasteiger charge is 2.69. The second-order valence-electron chi connectivity index (χ2n) is 9.90. The highest BCUT2D eigenvalue weighted by atomic mass is 32.2. The van der Waals surface area contributed by atoms with Gasteiger partial charge >= 0.3 is 4.87 Å². The standard InChI is InChI=1S/C26H22N2O4S2/c1-11-2-6-13(7-3-11)28-24(30)19-15-10-16(20(19)25(28)31)21-18(15)17(12-4-8-14(29)9-5-12)22-23(33-21)27-26(32)34-22/h2-9,15-21,29H,10H2,1H3,(H,27,32)/t15-,16+,17+,18+,19+,20+,21-/m1/s1. The number of aryl methyl sites for hydroxylation is 1. The first-order valence-electron chi connectivity index (χ1n) is 11.6. The van der Waals surface area contributed by atoms with Gasteiger partial charge in [0.05, 0.1) is 22.5 Å². The second kappa shape index (κ2) is 7.09. The number of amides is 2. The van der Waals surface area contributed by atoms with Crippen molar-refractivity contribution in [3.63, 3.8) is 0 Å². The Hall–Kier alpha value is -2.84. The van der Waals surface area contributed by atoms with E-state index < -0.39 is 0 Å². The van der Waals surface area contributed by atoms with E-state index in [-0.39, 0.29) is 63.2 Å². The molecule has 0 unspecified atom stereocenters. The van der Waals surface area contributed by atoms with E-state index in [1.807, 2.05) is 43.3 Å². The summed E-state index contributed by atoms with van der Waals surface area (Å²) < 4.78 is 0. The van der Waals surface area contributed by atoms with Crippen molar-refractivity contribution in [2.24, 2.45) is 29.6 Å². The smallest absolute Gasteiger partial charge is 0.305 e. The fraction of sp³-hybridized carbons (Fsp3) is 0.346. The highest BCUT2D eigenvalue weighted by molar-refractivity contribution is 8.00. The van der Waals surface area contributed by atoms with Gasteiger partial charge in [0.15, 0.2) is 0 Å². The normalized spacial score (nSPS) is 33.2. The molecule has 2 aromatic carbocycles. The lowest BCUT2D eigenvalue weighted by molar-refractivity contribution is -0.123. The Labute approximate surface area is 204 Å². The Bertz CT molecular complexity index is 1390. The predicted octanol–water partition coefficient (Wildman–Crippen LogP) is 4.13. The molecule has 34 heavy (non-hydrogen) atoms. The van der Waals surface area contributed by atoms with Crippen LogP contribution in [0.2, 0.25) is 0 Å². The molecule has 172 valence electrons. The van der Waals surface area contributed by atoms with Gasteiger partial charge in [-0.1, -0.05) is 41.2 Å². The van der Waals surface area contributed by atoms with Gasteiger partial charge in [-0.2, -0.15) is 0 Å². The van der Waals surface area contributed by atoms with Crippen molar-refractivity contribution in [2.75, 3.05) is 4.90 Å². The van der Waals surface area contributed by atoms with Gasteiger partial charge in [0.2, 0.25) is 11.8 Å². The number of aromatic amines is 1. The molecule has 2 amide bonds. The number of rotatable bonds is 2. The van der Waals surface area contributed by atoms with Crippen LogP contribution in [0.4, 0.5) is 5.69 Å². The number of fused-ring (bicyclic) bond motifs is 9. The van der Waals surface area contributed by atoms with Gasteiger partial charge in [-0.05, 0) is 60.9 Å². The molecule has 3 heterocycles. The third-order valence-electron chi connectivity index (χ3n) is 8.27. The second-order valence-corrected chi connectivity index (χ2v) is 12.1. The molecular weight excluding hydrogens is 468 g/mol. The zero-order chi connectivity index (χ0) is 23.3. The molecule has 2 N–H and O–H groups in total. The van der Waals surface area contributed by atoms with Crippen LogP contribution in [0.1, 0.15) is 28.3 Å². The number of H-pyrrole nitrogens is 1. The summed E-state index contributed by atoms with van der Waals surface area (Å²) in [6, 6.07) is 14.8. The number of anilines is 1. The van der Waals surface area contributed by atoms with Gasteiger partial charge in [-0.25, -0.2) is 0 Å². The number of aromatic hydroxyl groups is 1. The molecular formula is C26H22N2O4S2. The minimum Gasteiger partial charge on any atom is -0.508 e. The van der Waals surface area contributed by atoms with Crippen molar-refractivity contribution in [2.45, 2.75) is 29.5 Å². The molecule has 3 fully saturated rings. The van der Waals surface area contributed by atoms with E-state index >= 15 is 0 Å². The predicted molar refractivity (Wildman–Crippen MR) is 130 cm³/mol. The molecule has 0 spiro atoms. The number of hydrogen-bond donors (Lipinski definition) is 2. The van der Waals surface area contributed by atoms with E-state index in [2.05, 4.69) is 4.98 Å². The largest absolute Gasteiger partial charge is 0.508 e. The average Bonchev–Trinajstić information content (AvgIpc) is 3.54. The van der Waals surface area contributed by atoms with Crippen LogP contribution in [-0.2, 0) is 9.59 Å². The highest BCUT2D eigenvalue weighted by Crippen LogP contribution is 2.68. The molecule has 4 aliphatic rings. The third-order valence-corrected chi connectivity index (χ3v) is 10.9. The van der Waals surface area contributed by atoms with E-state index in [1.54, 1.807) is 23.9 Å². The fourth-order valence-corrected chi connectivity index (χ4v) is 9.91. The minimum atomic E-state index is -0.308. The number of phenols is 1. The Morgan fingerprint density at radius 1 is 0.941 bits per heavy atom. The van der Waals surface area contributed by atoms with Gasteiger partial charge in [-0.15, -0.1) is 11.8 Å². The molecule has 8 heteroatoms. The summed E-state index contributed by atoms with van der Waals surface area (Å²) in [6.07, 6.45) is 0.866. The topological polar surface area (TPSA) is 90.5 Å². The van der Waals surface area contributed by atoms with Crippen LogP contribution in [0.3, 0.4) is 0 Å². The maximum Gasteiger partial charge on any atom is 0.305 e. The number of thiazole rings is 1. The number of benzene rings is 2. The number of nitrogens with zero attached hydrogens (tertiary/aromatic N) is 1. The van der Waals surface area contributed by atoms with Crippen molar-refractivity contribution in [1.82, 2.24) is 4.98 Å². The van der Waals surface area contributed by atoms with Gasteiger partial charge in [-0.3, -0.25) is 19.3 Å². The summed E-state index contributed by atoms with van der Waals surface area (Å²) in [5, 5.41) is 10.9. The molecule has 1 saturated heterocycles. The molecule has 3 aromatic rings. The zero-order valence-corrected chi connectivity index (χ0v) is 19.9. The van der Waals surface area contributed by atoms with Crippen LogP contribution in [-0.4, -0.2) is 27.2 Å². The van der Waals surface area contributed by atoms with Crippen LogP contribution < -0.4 is 9.77 Å². The van der Waals surface area contributed by atoms with Crippen LogP contribution in [0.5, 0.6) is 5.75 Å². The molecule has 2 saturated carbocycles. The minimum absolute atomic E-state index is 0.0296. The fourth-order valence-electron chi connectivity index (χ4n) is 7.02. The lowest BCUT2D eigenvalue weighted by Gasteiger charge is -2.43. The summed E-state index contributed by atoms with van der Waals surface area (Å²) in [4.78, 5) is 45.0. The number of nitrogens with one attached hydrogen (secondary N) is 1. The molecule has 7 rings (SSSR count). The Morgan fingerprint density at radius 3 is 2.32 bits per heavy atom. The average molecular weight is 491 g/mol. The first-order valence-corrected chi connectivity index (χ1v) is 13.2. The lowest BCUT2D eigenvalue weighted by atomic mass is 9.68. The number of imide groups is 1. The van der Waals surface area contributed by atoms with E-state index in [4.69, 9.17) is 0 Å². The van der Waals surface area contributed by atoms with Crippen LogP contribution in [0.25, 0.3) is 0 Å². The number of aromatic nitrogens is 1. The van der Waals surface area contributed by atoms with Crippen molar-refractivity contribution in [1.29, 1.82) is 0 Å². The van der Waals surface area contributed by atoms with Gasteiger partial charge in [0.1, 0.15) is 5.75 Å². The molecule has 7 atom stereocenters. The lowest BCUT2D eigenvalue weighted by Crippen LogP contribution is -2.42. The van der Waals surface area contributed by atoms with Crippen molar-refractivity contribution >= 4 is 40.6 Å². The monoisotopic (exact) mass is 490 g/mol. The van der Waals surface area contributed by atoms with Crippen molar-refractivity contribution in [3.05, 3.63) is 74.2 Å². The number of phenolic OH excluding ortho intramolecular Hbond substituents is 1. The Kier molecular flexibility index (Phi) is 4.28. The van der Waals surface area contributed by atoms with Crippen molar-refractivity contribution in [3.8, 4) is 5.75 Å². The van der Waals surface area contributed by atoms with Crippen LogP contribution in [0, 0.1) is 36.5 Å². The number of carbonyl (C=O) groups is 2. The summed E-state index contributed by atoms with van der Waals surface area (Å²) in [6.45, 7) is 1.99. The van der Waals surface area contributed by atoms with Gasteiger partial charge < -0.3 is 10.1 Å². The molecule has 6 nitrogen and oxygen atoms in total. The molecule has 2 aliphatic carbocycles. The van der Waals surface area contributed by atoms with E-state index in [1.165, 1.54) is 16.2 Å². The molecule has 2 aliphatic heterocycles. The van der Waals surface area contributed by atoms with Crippen LogP contribution >= 0.6 is 23.1 Å². The quantitative estimate of drug-likeness (QED) is 0.527. The van der Waals surface area contributed by atoms with Crippen LogP contribution in [0.15, 0.2) is 58.4 Å². The first-order chi connectivity index (χ1) is 16.4. The third kappa shape index (κ3) is 2.66. The maximum absolute atomic E-state index is 13.7. The van der Waals surface area contributed by atoms with Crippen molar-refractivity contribution < 1.29 is 14.7 Å². The number of thioether (sulfide) groups is 1. The first kappa shape index (κ1) is 20.5. The maximum atomic E-state index is 13.7. The van der Waals surface area contributed by atoms with E-state index in [0.717, 1.165) is 27.5 Å². The molecule has 2 bridgehead atoms. The summed E-state index contributed by atoms with van der Waals surface area (Å²) in [7, 11) is 0. The summed E-state index contributed by atoms with van der Waals surface area (Å²) in [5.41, 5.74) is 2.78. The Morgan fingerprint density at radius 2 is 1.62 bits per heavy atom. The van der Waals surface area contributed by atoms with Gasteiger partial charge in [0, 0.05) is 16.0 Å². The summed E-state index contributed by atoms with van der Waals surface area (Å²) in [5.74, 6) is -0.226. The SMILES string of the molecule is Cc1ccc(N2C(=O)[C@H]3[C@@H]4C[C@@H]([C@@H]3C2=O)[C@H]2[C@H](c3ccc(O)cc3)c3sc(=O)[nH]c3S[C@H]42)cc1. The van der Waals surface area contributed by atoms with E-state index in [9.17, 15) is 19.5 Å². The number of carbonyl (C=O) groups excluding carboxylic acids is 2. The summed E-state index contributed by atoms with van der Waals surface area (Å²) >= 11 is 2.93. The Balaban J connectivity index is 1.32. The molecule has 1 aromatic heterocycles.